The Balaban J connectivity index is 2.16. The normalized spacial score (nSPS) is 11.7. The van der Waals surface area contributed by atoms with Crippen LogP contribution >= 0.6 is 0 Å². The zero-order valence-electron chi connectivity index (χ0n) is 17.0. The Bertz CT molecular complexity index is 480. The highest BCUT2D eigenvalue weighted by Gasteiger charge is 2.04. The molecule has 0 radical (unpaired) electrons. The van der Waals surface area contributed by atoms with Crippen LogP contribution in [-0.4, -0.2) is 77.9 Å². The molecule has 0 saturated heterocycles. The third-order valence-electron chi connectivity index (χ3n) is 4.31. The van der Waals surface area contributed by atoms with E-state index in [0.717, 1.165) is 64.7 Å². The van der Waals surface area contributed by atoms with Gasteiger partial charge >= 0.3 is 0 Å². The Kier molecular flexibility index (Phi) is 12.3. The average molecular weight is 364 g/mol. The molecular formula is C20H37N5O. The molecule has 0 aromatic heterocycles. The van der Waals surface area contributed by atoms with Crippen LogP contribution in [0.4, 0.5) is 5.69 Å². The number of para-hydroxylation sites is 1. The molecule has 0 aliphatic heterocycles. The lowest BCUT2D eigenvalue weighted by molar-refractivity contribution is 0.161. The molecule has 26 heavy (non-hydrogen) atoms. The van der Waals surface area contributed by atoms with Crippen molar-refractivity contribution in [1.82, 2.24) is 15.5 Å². The zero-order chi connectivity index (χ0) is 19.0. The van der Waals surface area contributed by atoms with Crippen LogP contribution in [0.1, 0.15) is 19.8 Å². The minimum atomic E-state index is 0.783. The van der Waals surface area contributed by atoms with E-state index in [1.54, 1.807) is 7.11 Å². The summed E-state index contributed by atoms with van der Waals surface area (Å²) in [6.07, 6.45) is 2.15. The lowest BCUT2D eigenvalue weighted by atomic mass is 10.2. The Labute approximate surface area is 159 Å². The van der Waals surface area contributed by atoms with Crippen LogP contribution in [0.3, 0.4) is 0 Å². The van der Waals surface area contributed by atoms with Crippen LogP contribution in [0.2, 0.25) is 0 Å². The Morgan fingerprint density at radius 2 is 1.69 bits per heavy atom. The molecule has 0 unspecified atom stereocenters. The summed E-state index contributed by atoms with van der Waals surface area (Å²) in [6.45, 7) is 8.89. The van der Waals surface area contributed by atoms with E-state index in [1.807, 2.05) is 7.05 Å². The largest absolute Gasteiger partial charge is 0.383 e. The second-order valence-corrected chi connectivity index (χ2v) is 6.34. The molecule has 6 nitrogen and oxygen atoms in total. The first-order valence-electron chi connectivity index (χ1n) is 9.63. The van der Waals surface area contributed by atoms with Gasteiger partial charge in [-0.05, 0) is 45.5 Å². The Morgan fingerprint density at radius 1 is 1.04 bits per heavy atom. The predicted molar refractivity (Wildman–Crippen MR) is 112 cm³/mol. The topological polar surface area (TPSA) is 52.1 Å². The average Bonchev–Trinajstić information content (AvgIpc) is 2.68. The maximum atomic E-state index is 5.09. The molecule has 0 amide bonds. The van der Waals surface area contributed by atoms with Crippen LogP contribution in [0, 0.1) is 0 Å². The number of hydrogen-bond acceptors (Lipinski definition) is 4. The molecular weight excluding hydrogens is 326 g/mol. The third kappa shape index (κ3) is 9.63. The summed E-state index contributed by atoms with van der Waals surface area (Å²) in [5, 5.41) is 6.78. The number of ether oxygens (including phenoxy) is 1. The number of hydrogen-bond donors (Lipinski definition) is 2. The van der Waals surface area contributed by atoms with Crippen molar-refractivity contribution in [3.05, 3.63) is 30.3 Å². The number of benzene rings is 1. The van der Waals surface area contributed by atoms with Gasteiger partial charge < -0.3 is 25.2 Å². The minimum Gasteiger partial charge on any atom is -0.383 e. The van der Waals surface area contributed by atoms with E-state index in [-0.39, 0.29) is 0 Å². The predicted octanol–water partition coefficient (Wildman–Crippen LogP) is 2.04. The van der Waals surface area contributed by atoms with Gasteiger partial charge in [-0.1, -0.05) is 18.2 Å². The molecule has 1 aromatic rings. The second-order valence-electron chi connectivity index (χ2n) is 6.34. The van der Waals surface area contributed by atoms with E-state index in [1.165, 1.54) is 5.69 Å². The smallest absolute Gasteiger partial charge is 0.190 e. The van der Waals surface area contributed by atoms with Gasteiger partial charge in [0.2, 0.25) is 0 Å². The quantitative estimate of drug-likeness (QED) is 0.319. The number of nitrogens with one attached hydrogen (secondary N) is 2. The van der Waals surface area contributed by atoms with Gasteiger partial charge in [0.25, 0.3) is 0 Å². The van der Waals surface area contributed by atoms with Crippen LogP contribution in [0.25, 0.3) is 0 Å². The Hall–Kier alpha value is -1.79. The lowest BCUT2D eigenvalue weighted by Gasteiger charge is -2.23. The van der Waals surface area contributed by atoms with Crippen molar-refractivity contribution in [2.45, 2.75) is 19.8 Å². The molecule has 2 N–H and O–H groups in total. The summed E-state index contributed by atoms with van der Waals surface area (Å²) in [5.41, 5.74) is 1.29. The fourth-order valence-corrected chi connectivity index (χ4v) is 2.72. The van der Waals surface area contributed by atoms with E-state index in [9.17, 15) is 0 Å². The number of likely N-dealkylation sites (N-methyl/N-ethyl adjacent to an activating group) is 1. The summed E-state index contributed by atoms with van der Waals surface area (Å²) in [6, 6.07) is 10.6. The van der Waals surface area contributed by atoms with E-state index < -0.39 is 0 Å². The molecule has 1 aromatic carbocycles. The molecule has 0 saturated carbocycles. The van der Waals surface area contributed by atoms with E-state index in [4.69, 9.17) is 4.74 Å². The number of rotatable bonds is 13. The van der Waals surface area contributed by atoms with Gasteiger partial charge in [0.15, 0.2) is 5.96 Å². The standard InChI is InChI=1S/C20H37N5O/c1-5-25(19-11-7-6-8-12-19)16-10-14-23-20(21-2)22-13-9-15-24(3)17-18-26-4/h6-8,11-12H,5,9-10,13-18H2,1-4H3,(H2,21,22,23). The molecule has 0 bridgehead atoms. The first kappa shape index (κ1) is 22.3. The monoisotopic (exact) mass is 363 g/mol. The number of methoxy groups -OCH3 is 1. The van der Waals surface area contributed by atoms with Crippen molar-refractivity contribution in [1.29, 1.82) is 0 Å². The summed E-state index contributed by atoms with van der Waals surface area (Å²) >= 11 is 0. The van der Waals surface area contributed by atoms with Crippen molar-refractivity contribution >= 4 is 11.6 Å². The summed E-state index contributed by atoms with van der Waals surface area (Å²) in [5.74, 6) is 0.882. The maximum Gasteiger partial charge on any atom is 0.190 e. The molecule has 148 valence electrons. The van der Waals surface area contributed by atoms with Crippen molar-refractivity contribution in [2.75, 3.05) is 72.0 Å². The van der Waals surface area contributed by atoms with Gasteiger partial charge in [-0.15, -0.1) is 0 Å². The van der Waals surface area contributed by atoms with Crippen molar-refractivity contribution in [2.24, 2.45) is 4.99 Å². The molecule has 0 aliphatic carbocycles. The summed E-state index contributed by atoms with van der Waals surface area (Å²) < 4.78 is 5.09. The zero-order valence-corrected chi connectivity index (χ0v) is 17.0. The maximum absolute atomic E-state index is 5.09. The van der Waals surface area contributed by atoms with Gasteiger partial charge in [-0.25, -0.2) is 0 Å². The van der Waals surface area contributed by atoms with Crippen LogP contribution in [0.5, 0.6) is 0 Å². The Morgan fingerprint density at radius 3 is 2.27 bits per heavy atom. The number of anilines is 1. The van der Waals surface area contributed by atoms with Gasteiger partial charge in [0, 0.05) is 52.6 Å². The molecule has 0 aliphatic rings. The first-order valence-corrected chi connectivity index (χ1v) is 9.63. The van der Waals surface area contributed by atoms with E-state index in [2.05, 4.69) is 69.7 Å². The fourth-order valence-electron chi connectivity index (χ4n) is 2.72. The second kappa shape index (κ2) is 14.4. The van der Waals surface area contributed by atoms with Crippen LogP contribution in [0.15, 0.2) is 35.3 Å². The molecule has 0 spiro atoms. The van der Waals surface area contributed by atoms with Crippen molar-refractivity contribution in [3.63, 3.8) is 0 Å². The SMILES string of the molecule is CCN(CCCNC(=NC)NCCCN(C)CCOC)c1ccccc1. The summed E-state index contributed by atoms with van der Waals surface area (Å²) in [4.78, 5) is 8.98. The van der Waals surface area contributed by atoms with Gasteiger partial charge in [0.05, 0.1) is 6.61 Å². The van der Waals surface area contributed by atoms with Gasteiger partial charge in [-0.2, -0.15) is 0 Å². The van der Waals surface area contributed by atoms with E-state index >= 15 is 0 Å². The lowest BCUT2D eigenvalue weighted by Crippen LogP contribution is -2.40. The highest BCUT2D eigenvalue weighted by atomic mass is 16.5. The highest BCUT2D eigenvalue weighted by molar-refractivity contribution is 5.79. The molecule has 0 atom stereocenters. The summed E-state index contributed by atoms with van der Waals surface area (Å²) in [7, 11) is 5.69. The number of aliphatic imine (C=N–C) groups is 1. The van der Waals surface area contributed by atoms with E-state index in [0.29, 0.717) is 0 Å². The van der Waals surface area contributed by atoms with Gasteiger partial charge in [-0.3, -0.25) is 4.99 Å². The van der Waals surface area contributed by atoms with Crippen molar-refractivity contribution < 1.29 is 4.74 Å². The first-order chi connectivity index (χ1) is 12.7. The molecule has 0 fully saturated rings. The fraction of sp³-hybridized carbons (Fsp3) is 0.650. The van der Waals surface area contributed by atoms with Crippen LogP contribution in [-0.2, 0) is 4.74 Å². The third-order valence-corrected chi connectivity index (χ3v) is 4.31. The molecule has 1 rings (SSSR count). The van der Waals surface area contributed by atoms with Crippen molar-refractivity contribution in [3.8, 4) is 0 Å². The molecule has 6 heteroatoms. The minimum absolute atomic E-state index is 0.783. The van der Waals surface area contributed by atoms with Gasteiger partial charge in [0.1, 0.15) is 0 Å². The molecule has 0 heterocycles. The number of guanidine groups is 1. The highest BCUT2D eigenvalue weighted by Crippen LogP contribution is 2.12. The van der Waals surface area contributed by atoms with Crippen LogP contribution < -0.4 is 15.5 Å². The number of nitrogens with zero attached hydrogens (tertiary/aromatic N) is 3.